The summed E-state index contributed by atoms with van der Waals surface area (Å²) in [6, 6.07) is 7.91. The smallest absolute Gasteiger partial charge is 0.223 e. The Morgan fingerprint density at radius 2 is 2.10 bits per heavy atom. The van der Waals surface area contributed by atoms with Crippen molar-refractivity contribution in [3.05, 3.63) is 47.7 Å². The van der Waals surface area contributed by atoms with Gasteiger partial charge in [0.1, 0.15) is 11.6 Å². The van der Waals surface area contributed by atoms with E-state index in [1.165, 1.54) is 12.8 Å². The van der Waals surface area contributed by atoms with Gasteiger partial charge in [-0.1, -0.05) is 6.07 Å². The molecule has 0 spiro atoms. The van der Waals surface area contributed by atoms with Crippen LogP contribution in [0, 0.1) is 12.8 Å². The highest BCUT2D eigenvalue weighted by Crippen LogP contribution is 2.27. The molecule has 0 unspecified atom stereocenters. The molecule has 4 rings (SSSR count). The quantitative estimate of drug-likeness (QED) is 0.809. The first-order chi connectivity index (χ1) is 14.2. The number of hydrogen-bond acceptors (Lipinski definition) is 6. The predicted octanol–water partition coefficient (Wildman–Crippen LogP) is 2.18. The van der Waals surface area contributed by atoms with Crippen molar-refractivity contribution in [2.75, 3.05) is 31.1 Å². The zero-order valence-electron chi connectivity index (χ0n) is 17.1. The van der Waals surface area contributed by atoms with Gasteiger partial charge in [0.2, 0.25) is 5.91 Å². The van der Waals surface area contributed by atoms with Crippen LogP contribution in [0.4, 0.5) is 5.82 Å². The number of carbonyl (C=O) groups is 1. The fourth-order valence-electron chi connectivity index (χ4n) is 4.25. The van der Waals surface area contributed by atoms with Crippen molar-refractivity contribution in [1.29, 1.82) is 0 Å². The SMILES string of the molecule is Cc1nc([C@@H]2CCCNC2)cc(N2CCC(C(=O)NCc3ccccn3)CC2)n1. The van der Waals surface area contributed by atoms with E-state index >= 15 is 0 Å². The third-order valence-electron chi connectivity index (χ3n) is 5.92. The minimum absolute atomic E-state index is 0.0555. The first kappa shape index (κ1) is 19.8. The molecule has 7 nitrogen and oxygen atoms in total. The lowest BCUT2D eigenvalue weighted by molar-refractivity contribution is -0.125. The molecule has 0 bridgehead atoms. The molecular weight excluding hydrogens is 364 g/mol. The summed E-state index contributed by atoms with van der Waals surface area (Å²) >= 11 is 0. The van der Waals surface area contributed by atoms with Crippen LogP contribution in [0.1, 0.15) is 48.8 Å². The number of hydrogen-bond donors (Lipinski definition) is 2. The molecule has 2 aliphatic rings. The van der Waals surface area contributed by atoms with Crippen molar-refractivity contribution in [3.63, 3.8) is 0 Å². The number of aryl methyl sites for hydroxylation is 1. The van der Waals surface area contributed by atoms with Crippen LogP contribution < -0.4 is 15.5 Å². The molecule has 0 aromatic carbocycles. The van der Waals surface area contributed by atoms with Gasteiger partial charge in [-0.25, -0.2) is 9.97 Å². The van der Waals surface area contributed by atoms with Gasteiger partial charge in [0.15, 0.2) is 0 Å². The zero-order valence-corrected chi connectivity index (χ0v) is 17.1. The van der Waals surface area contributed by atoms with E-state index in [-0.39, 0.29) is 11.8 Å². The molecule has 2 fully saturated rings. The summed E-state index contributed by atoms with van der Waals surface area (Å²) in [5, 5.41) is 6.50. The maximum Gasteiger partial charge on any atom is 0.223 e. The van der Waals surface area contributed by atoms with E-state index in [1.807, 2.05) is 25.1 Å². The standard InChI is InChI=1S/C22H30N6O/c1-16-26-20(18-5-4-9-23-14-18)13-21(27-16)28-11-7-17(8-12-28)22(29)25-15-19-6-2-3-10-24-19/h2-3,6,10,13,17-18,23H,4-5,7-9,11-12,14-15H2,1H3,(H,25,29)/t18-/m1/s1. The summed E-state index contributed by atoms with van der Waals surface area (Å²) in [6.07, 6.45) is 5.82. The van der Waals surface area contributed by atoms with Crippen LogP contribution in [0.2, 0.25) is 0 Å². The maximum atomic E-state index is 12.5. The molecule has 2 aliphatic heterocycles. The molecule has 0 saturated carbocycles. The van der Waals surface area contributed by atoms with E-state index in [4.69, 9.17) is 4.98 Å². The molecule has 29 heavy (non-hydrogen) atoms. The normalized spacial score (nSPS) is 20.4. The van der Waals surface area contributed by atoms with Crippen LogP contribution in [-0.4, -0.2) is 47.0 Å². The summed E-state index contributed by atoms with van der Waals surface area (Å²) < 4.78 is 0. The van der Waals surface area contributed by atoms with Gasteiger partial charge in [-0.05, 0) is 51.3 Å². The Morgan fingerprint density at radius 1 is 1.24 bits per heavy atom. The second kappa shape index (κ2) is 9.31. The van der Waals surface area contributed by atoms with Crippen LogP contribution in [0.5, 0.6) is 0 Å². The number of piperidine rings is 2. The van der Waals surface area contributed by atoms with E-state index in [1.54, 1.807) is 6.20 Å². The molecule has 2 saturated heterocycles. The topological polar surface area (TPSA) is 83.0 Å². The van der Waals surface area contributed by atoms with Gasteiger partial charge in [-0.15, -0.1) is 0 Å². The predicted molar refractivity (Wildman–Crippen MR) is 113 cm³/mol. The van der Waals surface area contributed by atoms with Crippen molar-refractivity contribution in [3.8, 4) is 0 Å². The van der Waals surface area contributed by atoms with Crippen molar-refractivity contribution in [2.45, 2.75) is 45.1 Å². The fourth-order valence-corrected chi connectivity index (χ4v) is 4.25. The minimum Gasteiger partial charge on any atom is -0.356 e. The molecule has 2 aromatic rings. The molecule has 154 valence electrons. The lowest BCUT2D eigenvalue weighted by Gasteiger charge is -2.33. The van der Waals surface area contributed by atoms with Crippen molar-refractivity contribution >= 4 is 11.7 Å². The highest BCUT2D eigenvalue weighted by atomic mass is 16.1. The second-order valence-corrected chi connectivity index (χ2v) is 8.04. The van der Waals surface area contributed by atoms with Crippen LogP contribution >= 0.6 is 0 Å². The third-order valence-corrected chi connectivity index (χ3v) is 5.92. The van der Waals surface area contributed by atoms with Crippen LogP contribution in [-0.2, 0) is 11.3 Å². The van der Waals surface area contributed by atoms with E-state index in [0.29, 0.717) is 12.5 Å². The summed E-state index contributed by atoms with van der Waals surface area (Å²) in [6.45, 7) is 6.25. The Hall–Kier alpha value is -2.54. The number of carbonyl (C=O) groups excluding carboxylic acids is 1. The number of anilines is 1. The van der Waals surface area contributed by atoms with E-state index < -0.39 is 0 Å². The minimum atomic E-state index is 0.0555. The summed E-state index contributed by atoms with van der Waals surface area (Å²) in [5.41, 5.74) is 2.04. The van der Waals surface area contributed by atoms with Gasteiger partial charge in [0.05, 0.1) is 17.9 Å². The lowest BCUT2D eigenvalue weighted by Crippen LogP contribution is -2.41. The molecule has 7 heteroatoms. The molecule has 2 N–H and O–H groups in total. The fraction of sp³-hybridized carbons (Fsp3) is 0.545. The monoisotopic (exact) mass is 394 g/mol. The molecular formula is C22H30N6O. The molecule has 1 amide bonds. The van der Waals surface area contributed by atoms with Gasteiger partial charge in [0, 0.05) is 43.7 Å². The Kier molecular flexibility index (Phi) is 6.34. The average Bonchev–Trinajstić information content (AvgIpc) is 2.78. The number of rotatable bonds is 5. The van der Waals surface area contributed by atoms with E-state index in [2.05, 4.69) is 31.6 Å². The number of pyridine rings is 1. The van der Waals surface area contributed by atoms with Gasteiger partial charge in [0.25, 0.3) is 0 Å². The maximum absolute atomic E-state index is 12.5. The molecule has 0 aliphatic carbocycles. The van der Waals surface area contributed by atoms with Crippen molar-refractivity contribution in [2.24, 2.45) is 5.92 Å². The van der Waals surface area contributed by atoms with Crippen LogP contribution in [0.15, 0.2) is 30.5 Å². The molecule has 2 aromatic heterocycles. The molecule has 1 atom stereocenters. The Morgan fingerprint density at radius 3 is 2.83 bits per heavy atom. The Bertz CT molecular complexity index is 813. The second-order valence-electron chi connectivity index (χ2n) is 8.04. The van der Waals surface area contributed by atoms with Gasteiger partial charge < -0.3 is 15.5 Å². The number of amides is 1. The Labute approximate surface area is 172 Å². The average molecular weight is 395 g/mol. The number of nitrogens with zero attached hydrogens (tertiary/aromatic N) is 4. The highest BCUT2D eigenvalue weighted by Gasteiger charge is 2.26. The van der Waals surface area contributed by atoms with E-state index in [9.17, 15) is 4.79 Å². The molecule has 0 radical (unpaired) electrons. The third kappa shape index (κ3) is 5.09. The highest BCUT2D eigenvalue weighted by molar-refractivity contribution is 5.78. The van der Waals surface area contributed by atoms with Gasteiger partial charge >= 0.3 is 0 Å². The molecule has 4 heterocycles. The zero-order chi connectivity index (χ0) is 20.1. The first-order valence-electron chi connectivity index (χ1n) is 10.7. The first-order valence-corrected chi connectivity index (χ1v) is 10.7. The summed E-state index contributed by atoms with van der Waals surface area (Å²) in [4.78, 5) is 28.5. The summed E-state index contributed by atoms with van der Waals surface area (Å²) in [7, 11) is 0. The van der Waals surface area contributed by atoms with Crippen LogP contribution in [0.25, 0.3) is 0 Å². The van der Waals surface area contributed by atoms with Gasteiger partial charge in [-0.3, -0.25) is 9.78 Å². The van der Waals surface area contributed by atoms with Crippen molar-refractivity contribution < 1.29 is 4.79 Å². The number of nitrogens with one attached hydrogen (secondary N) is 2. The largest absolute Gasteiger partial charge is 0.356 e. The van der Waals surface area contributed by atoms with E-state index in [0.717, 1.165) is 62.1 Å². The summed E-state index contributed by atoms with van der Waals surface area (Å²) in [5.74, 6) is 2.49. The number of aromatic nitrogens is 3. The van der Waals surface area contributed by atoms with Crippen LogP contribution in [0.3, 0.4) is 0 Å². The Balaban J connectivity index is 1.33. The van der Waals surface area contributed by atoms with Crippen molar-refractivity contribution in [1.82, 2.24) is 25.6 Å². The van der Waals surface area contributed by atoms with Gasteiger partial charge in [-0.2, -0.15) is 0 Å². The lowest BCUT2D eigenvalue weighted by atomic mass is 9.94.